The highest BCUT2D eigenvalue weighted by atomic mass is 16.2. The second kappa shape index (κ2) is 8.34. The number of carbonyl (C=O) groups is 2. The summed E-state index contributed by atoms with van der Waals surface area (Å²) in [5.74, 6) is 0.670. The molecule has 2 amide bonds. The lowest BCUT2D eigenvalue weighted by Crippen LogP contribution is -2.43. The molecule has 1 aliphatic rings. The first-order valence-corrected chi connectivity index (χ1v) is 9.27. The zero-order valence-electron chi connectivity index (χ0n) is 16.2. The third kappa shape index (κ3) is 4.84. The fourth-order valence-electron chi connectivity index (χ4n) is 3.30. The van der Waals surface area contributed by atoms with Crippen LogP contribution in [-0.2, 0) is 22.7 Å². The Morgan fingerprint density at radius 2 is 1.88 bits per heavy atom. The highest BCUT2D eigenvalue weighted by Crippen LogP contribution is 2.29. The molecular weight excluding hydrogens is 328 g/mol. The van der Waals surface area contributed by atoms with Crippen molar-refractivity contribution in [1.29, 1.82) is 0 Å². The number of nitrogens with one attached hydrogen (secondary N) is 1. The number of hydrogen-bond acceptors (Lipinski definition) is 4. The van der Waals surface area contributed by atoms with E-state index in [-0.39, 0.29) is 17.8 Å². The van der Waals surface area contributed by atoms with E-state index in [9.17, 15) is 9.59 Å². The average molecular weight is 358 g/mol. The number of hydrogen-bond donors (Lipinski definition) is 2. The maximum Gasteiger partial charge on any atom is 0.257 e. The molecule has 1 atom stereocenters. The minimum atomic E-state index is -0.762. The Balaban J connectivity index is 1.98. The zero-order chi connectivity index (χ0) is 19.3. The average Bonchev–Trinajstić information content (AvgIpc) is 2.77. The molecule has 3 N–H and O–H groups in total. The maximum atomic E-state index is 12.8. The fraction of sp³-hybridized carbons (Fsp3) is 0.550. The highest BCUT2D eigenvalue weighted by molar-refractivity contribution is 6.06. The Morgan fingerprint density at radius 3 is 2.46 bits per heavy atom. The second-order valence-corrected chi connectivity index (χ2v) is 7.58. The van der Waals surface area contributed by atoms with Crippen molar-refractivity contribution in [3.8, 4) is 0 Å². The summed E-state index contributed by atoms with van der Waals surface area (Å²) in [6.07, 6.45) is 2.07. The molecule has 1 unspecified atom stereocenters. The van der Waals surface area contributed by atoms with Crippen molar-refractivity contribution in [2.24, 2.45) is 16.6 Å². The molecule has 1 aliphatic heterocycles. The highest BCUT2D eigenvalue weighted by Gasteiger charge is 2.43. The molecule has 0 saturated heterocycles. The topological polar surface area (TPSA) is 87.8 Å². The van der Waals surface area contributed by atoms with Crippen LogP contribution in [0.5, 0.6) is 0 Å². The van der Waals surface area contributed by atoms with E-state index in [0.717, 1.165) is 17.5 Å². The lowest BCUT2D eigenvalue weighted by Gasteiger charge is -2.23. The van der Waals surface area contributed by atoms with Crippen molar-refractivity contribution >= 4 is 17.8 Å². The van der Waals surface area contributed by atoms with Gasteiger partial charge in [0.25, 0.3) is 5.91 Å². The Morgan fingerprint density at radius 1 is 1.27 bits per heavy atom. The van der Waals surface area contributed by atoms with Gasteiger partial charge in [-0.2, -0.15) is 0 Å². The Labute approximate surface area is 155 Å². The van der Waals surface area contributed by atoms with E-state index >= 15 is 0 Å². The summed E-state index contributed by atoms with van der Waals surface area (Å²) in [6, 6.07) is 7.84. The molecule has 1 aromatic rings. The molecule has 1 heterocycles. The van der Waals surface area contributed by atoms with Crippen LogP contribution in [0.2, 0.25) is 0 Å². The second-order valence-electron chi connectivity index (χ2n) is 7.58. The summed E-state index contributed by atoms with van der Waals surface area (Å²) in [7, 11) is 0. The predicted octanol–water partition coefficient (Wildman–Crippen LogP) is 2.56. The molecule has 142 valence electrons. The largest absolute Gasteiger partial charge is 0.369 e. The molecule has 0 saturated carbocycles. The quantitative estimate of drug-likeness (QED) is 0.748. The van der Waals surface area contributed by atoms with Crippen molar-refractivity contribution in [3.05, 3.63) is 35.4 Å². The van der Waals surface area contributed by atoms with Crippen molar-refractivity contribution in [2.45, 2.75) is 65.6 Å². The Bertz CT molecular complexity index is 682. The van der Waals surface area contributed by atoms with Crippen LogP contribution < -0.4 is 11.1 Å². The van der Waals surface area contributed by atoms with E-state index < -0.39 is 5.54 Å². The molecule has 0 aliphatic carbocycles. The fourth-order valence-corrected chi connectivity index (χ4v) is 3.30. The van der Waals surface area contributed by atoms with Gasteiger partial charge >= 0.3 is 0 Å². The predicted molar refractivity (Wildman–Crippen MR) is 103 cm³/mol. The molecule has 0 spiro atoms. The van der Waals surface area contributed by atoms with Crippen LogP contribution in [0.25, 0.3) is 0 Å². The van der Waals surface area contributed by atoms with Gasteiger partial charge in [0.05, 0.1) is 6.54 Å². The van der Waals surface area contributed by atoms with Crippen molar-refractivity contribution < 1.29 is 9.59 Å². The summed E-state index contributed by atoms with van der Waals surface area (Å²) in [5.41, 5.74) is 7.26. The first-order chi connectivity index (χ1) is 12.2. The summed E-state index contributed by atoms with van der Waals surface area (Å²) < 4.78 is 0. The molecule has 0 bridgehead atoms. The lowest BCUT2D eigenvalue weighted by atomic mass is 9.91. The van der Waals surface area contributed by atoms with Crippen LogP contribution in [0.1, 0.15) is 58.1 Å². The van der Waals surface area contributed by atoms with E-state index in [2.05, 4.69) is 24.2 Å². The number of guanidine groups is 1. The van der Waals surface area contributed by atoms with Crippen LogP contribution >= 0.6 is 0 Å². The summed E-state index contributed by atoms with van der Waals surface area (Å²) in [4.78, 5) is 30.3. The first-order valence-electron chi connectivity index (χ1n) is 9.27. The van der Waals surface area contributed by atoms with Crippen molar-refractivity contribution in [3.63, 3.8) is 0 Å². The summed E-state index contributed by atoms with van der Waals surface area (Å²) in [6.45, 7) is 8.90. The molecule has 6 heteroatoms. The summed E-state index contributed by atoms with van der Waals surface area (Å²) >= 11 is 0. The number of benzene rings is 1. The SMILES string of the molecule is CCCC(=O)NCc1ccc(CN2C(=O)C(C)(CC(C)C)N=C2N)cc1. The molecule has 0 fully saturated rings. The standard InChI is InChI=1S/C20H30N4O2/c1-5-6-17(25)22-12-15-7-9-16(10-8-15)13-24-18(26)20(4,11-14(2)3)23-19(24)21/h7-10,14H,5-6,11-13H2,1-4H3,(H2,21,23)(H,22,25). The molecule has 2 rings (SSSR count). The summed E-state index contributed by atoms with van der Waals surface area (Å²) in [5, 5.41) is 2.89. The normalized spacial score (nSPS) is 19.8. The van der Waals surface area contributed by atoms with Crippen LogP contribution in [0.4, 0.5) is 0 Å². The Hall–Kier alpha value is -2.37. The molecular formula is C20H30N4O2. The van der Waals surface area contributed by atoms with Crippen molar-refractivity contribution in [1.82, 2.24) is 10.2 Å². The van der Waals surface area contributed by atoms with Gasteiger partial charge in [0.1, 0.15) is 5.54 Å². The number of nitrogens with two attached hydrogens (primary N) is 1. The smallest absolute Gasteiger partial charge is 0.257 e. The third-order valence-corrected chi connectivity index (χ3v) is 4.48. The van der Waals surface area contributed by atoms with Gasteiger partial charge < -0.3 is 11.1 Å². The van der Waals surface area contributed by atoms with Crippen LogP contribution in [-0.4, -0.2) is 28.2 Å². The van der Waals surface area contributed by atoms with Gasteiger partial charge in [0.15, 0.2) is 5.96 Å². The monoisotopic (exact) mass is 358 g/mol. The van der Waals surface area contributed by atoms with Crippen molar-refractivity contribution in [2.75, 3.05) is 0 Å². The first kappa shape index (κ1) is 19.9. The van der Waals surface area contributed by atoms with Gasteiger partial charge in [-0.3, -0.25) is 14.5 Å². The van der Waals surface area contributed by atoms with Crippen LogP contribution in [0.15, 0.2) is 29.3 Å². The van der Waals surface area contributed by atoms with Gasteiger partial charge in [-0.25, -0.2) is 4.99 Å². The Kier molecular flexibility index (Phi) is 6.40. The molecule has 26 heavy (non-hydrogen) atoms. The van der Waals surface area contributed by atoms with E-state index in [1.54, 1.807) is 4.90 Å². The van der Waals surface area contributed by atoms with Gasteiger partial charge in [-0.15, -0.1) is 0 Å². The number of aliphatic imine (C=N–C) groups is 1. The molecule has 0 radical (unpaired) electrons. The number of carbonyl (C=O) groups excluding carboxylic acids is 2. The number of nitrogens with zero attached hydrogens (tertiary/aromatic N) is 2. The lowest BCUT2D eigenvalue weighted by molar-refractivity contribution is -0.131. The number of amides is 2. The van der Waals surface area contributed by atoms with Gasteiger partial charge in [0.2, 0.25) is 5.91 Å². The minimum absolute atomic E-state index is 0.0420. The zero-order valence-corrected chi connectivity index (χ0v) is 16.2. The van der Waals surface area contributed by atoms with E-state index in [1.165, 1.54) is 0 Å². The van der Waals surface area contributed by atoms with Gasteiger partial charge in [0, 0.05) is 13.0 Å². The minimum Gasteiger partial charge on any atom is -0.369 e. The van der Waals surface area contributed by atoms with E-state index in [4.69, 9.17) is 5.73 Å². The maximum absolute atomic E-state index is 12.8. The van der Waals surface area contributed by atoms with Gasteiger partial charge in [-0.05, 0) is 36.8 Å². The van der Waals surface area contributed by atoms with E-state index in [0.29, 0.717) is 31.8 Å². The molecule has 1 aromatic carbocycles. The molecule has 0 aromatic heterocycles. The van der Waals surface area contributed by atoms with Crippen LogP contribution in [0.3, 0.4) is 0 Å². The number of rotatable bonds is 8. The van der Waals surface area contributed by atoms with E-state index in [1.807, 2.05) is 38.1 Å². The van der Waals surface area contributed by atoms with Crippen LogP contribution in [0, 0.1) is 5.92 Å². The molecule has 6 nitrogen and oxygen atoms in total. The van der Waals surface area contributed by atoms with Gasteiger partial charge in [-0.1, -0.05) is 45.0 Å². The third-order valence-electron chi connectivity index (χ3n) is 4.48.